The van der Waals surface area contributed by atoms with E-state index in [0.717, 1.165) is 5.56 Å². The van der Waals surface area contributed by atoms with Crippen molar-refractivity contribution in [3.63, 3.8) is 0 Å². The van der Waals surface area contributed by atoms with Crippen molar-refractivity contribution < 1.29 is 9.90 Å². The molecule has 0 aliphatic heterocycles. The van der Waals surface area contributed by atoms with Gasteiger partial charge in [0.15, 0.2) is 0 Å². The summed E-state index contributed by atoms with van der Waals surface area (Å²) in [7, 11) is 0. The molecule has 2 N–H and O–H groups in total. The summed E-state index contributed by atoms with van der Waals surface area (Å²) < 4.78 is 1.59. The minimum absolute atomic E-state index is 0.126. The van der Waals surface area contributed by atoms with Gasteiger partial charge in [-0.2, -0.15) is 0 Å². The summed E-state index contributed by atoms with van der Waals surface area (Å²) in [5, 5.41) is 19.6. The standard InChI is InChI=1S/C13H16N4O2/c18-10-12(11-4-2-1-3-5-11)15-13(19)6-8-17-9-7-14-16-17/h1-5,7,9,12,18H,6,8,10H2,(H,15,19). The van der Waals surface area contributed by atoms with Crippen molar-refractivity contribution in [2.75, 3.05) is 6.61 Å². The molecule has 0 aliphatic rings. The number of carbonyl (C=O) groups is 1. The van der Waals surface area contributed by atoms with Crippen molar-refractivity contribution in [1.82, 2.24) is 20.3 Å². The Bertz CT molecular complexity index is 499. The number of rotatable bonds is 6. The van der Waals surface area contributed by atoms with Crippen LogP contribution in [0.1, 0.15) is 18.0 Å². The van der Waals surface area contributed by atoms with Crippen LogP contribution in [0.15, 0.2) is 42.7 Å². The molecule has 1 unspecified atom stereocenters. The molecule has 6 heteroatoms. The molecule has 0 radical (unpaired) electrons. The van der Waals surface area contributed by atoms with Crippen LogP contribution in [0.4, 0.5) is 0 Å². The third-order valence-corrected chi connectivity index (χ3v) is 2.76. The average Bonchev–Trinajstić information content (AvgIpc) is 2.97. The van der Waals surface area contributed by atoms with Crippen molar-refractivity contribution in [2.24, 2.45) is 0 Å². The maximum atomic E-state index is 11.8. The van der Waals surface area contributed by atoms with E-state index in [1.165, 1.54) is 0 Å². The Morgan fingerprint density at radius 2 is 2.16 bits per heavy atom. The molecule has 1 aromatic carbocycles. The lowest BCUT2D eigenvalue weighted by molar-refractivity contribution is -0.122. The first-order chi connectivity index (χ1) is 9.29. The van der Waals surface area contributed by atoms with Gasteiger partial charge in [0.2, 0.25) is 5.91 Å². The molecule has 0 aliphatic carbocycles. The molecule has 0 spiro atoms. The van der Waals surface area contributed by atoms with E-state index in [4.69, 9.17) is 0 Å². The van der Waals surface area contributed by atoms with Gasteiger partial charge in [0.05, 0.1) is 25.4 Å². The maximum Gasteiger partial charge on any atom is 0.222 e. The van der Waals surface area contributed by atoms with Crippen LogP contribution in [0.5, 0.6) is 0 Å². The summed E-state index contributed by atoms with van der Waals surface area (Å²) >= 11 is 0. The second-order valence-electron chi connectivity index (χ2n) is 4.13. The van der Waals surface area contributed by atoms with Gasteiger partial charge >= 0.3 is 0 Å². The highest BCUT2D eigenvalue weighted by molar-refractivity contribution is 5.76. The van der Waals surface area contributed by atoms with E-state index in [-0.39, 0.29) is 18.6 Å². The summed E-state index contributed by atoms with van der Waals surface area (Å²) in [6.45, 7) is 0.345. The van der Waals surface area contributed by atoms with Gasteiger partial charge in [0, 0.05) is 12.6 Å². The Balaban J connectivity index is 1.86. The first-order valence-corrected chi connectivity index (χ1v) is 6.09. The average molecular weight is 260 g/mol. The molecule has 0 bridgehead atoms. The minimum Gasteiger partial charge on any atom is -0.394 e. The lowest BCUT2D eigenvalue weighted by Crippen LogP contribution is -2.31. The van der Waals surface area contributed by atoms with Crippen molar-refractivity contribution in [2.45, 2.75) is 19.0 Å². The highest BCUT2D eigenvalue weighted by Crippen LogP contribution is 2.11. The van der Waals surface area contributed by atoms with Gasteiger partial charge < -0.3 is 10.4 Å². The quantitative estimate of drug-likeness (QED) is 0.793. The number of aromatic nitrogens is 3. The van der Waals surface area contributed by atoms with E-state index in [1.54, 1.807) is 17.1 Å². The Hall–Kier alpha value is -2.21. The van der Waals surface area contributed by atoms with Gasteiger partial charge in [-0.15, -0.1) is 5.10 Å². The number of amides is 1. The fraction of sp³-hybridized carbons (Fsp3) is 0.308. The topological polar surface area (TPSA) is 80.0 Å². The molecule has 2 rings (SSSR count). The number of carbonyl (C=O) groups excluding carboxylic acids is 1. The van der Waals surface area contributed by atoms with Crippen LogP contribution in [0.25, 0.3) is 0 Å². The molecule has 1 heterocycles. The fourth-order valence-electron chi connectivity index (χ4n) is 1.75. The predicted octanol–water partition coefficient (Wildman–Crippen LogP) is 0.518. The van der Waals surface area contributed by atoms with E-state index < -0.39 is 0 Å². The van der Waals surface area contributed by atoms with Crippen molar-refractivity contribution in [3.8, 4) is 0 Å². The van der Waals surface area contributed by atoms with E-state index in [9.17, 15) is 9.90 Å². The van der Waals surface area contributed by atoms with Gasteiger partial charge in [0.1, 0.15) is 0 Å². The zero-order valence-corrected chi connectivity index (χ0v) is 10.4. The summed E-state index contributed by atoms with van der Waals surface area (Å²) in [6, 6.07) is 9.02. The third kappa shape index (κ3) is 3.89. The SMILES string of the molecule is O=C(CCn1ccnn1)NC(CO)c1ccccc1. The van der Waals surface area contributed by atoms with Gasteiger partial charge in [-0.05, 0) is 5.56 Å². The number of benzene rings is 1. The molecule has 1 amide bonds. The first-order valence-electron chi connectivity index (χ1n) is 6.09. The van der Waals surface area contributed by atoms with Gasteiger partial charge in [-0.25, -0.2) is 0 Å². The summed E-state index contributed by atoms with van der Waals surface area (Å²) in [6.07, 6.45) is 3.57. The molecule has 19 heavy (non-hydrogen) atoms. The number of nitrogens with one attached hydrogen (secondary N) is 1. The number of aliphatic hydroxyl groups is 1. The fourth-order valence-corrected chi connectivity index (χ4v) is 1.75. The summed E-state index contributed by atoms with van der Waals surface area (Å²) in [4.78, 5) is 11.8. The molecule has 2 aromatic rings. The van der Waals surface area contributed by atoms with Crippen LogP contribution in [0, 0.1) is 0 Å². The Morgan fingerprint density at radius 1 is 1.37 bits per heavy atom. The van der Waals surface area contributed by atoms with Crippen molar-refractivity contribution in [3.05, 3.63) is 48.3 Å². The van der Waals surface area contributed by atoms with Gasteiger partial charge in [-0.3, -0.25) is 9.48 Å². The molecular formula is C13H16N4O2. The lowest BCUT2D eigenvalue weighted by Gasteiger charge is -2.16. The van der Waals surface area contributed by atoms with Gasteiger partial charge in [-0.1, -0.05) is 35.5 Å². The Morgan fingerprint density at radius 3 is 2.79 bits per heavy atom. The lowest BCUT2D eigenvalue weighted by atomic mass is 10.1. The number of nitrogens with zero attached hydrogens (tertiary/aromatic N) is 3. The molecule has 0 fully saturated rings. The molecule has 100 valence electrons. The highest BCUT2D eigenvalue weighted by atomic mass is 16.3. The molecular weight excluding hydrogens is 244 g/mol. The smallest absolute Gasteiger partial charge is 0.222 e. The van der Waals surface area contributed by atoms with Crippen LogP contribution in [0.2, 0.25) is 0 Å². The van der Waals surface area contributed by atoms with Crippen LogP contribution < -0.4 is 5.32 Å². The van der Waals surface area contributed by atoms with Gasteiger partial charge in [0.25, 0.3) is 0 Å². The highest BCUT2D eigenvalue weighted by Gasteiger charge is 2.13. The van der Waals surface area contributed by atoms with E-state index in [2.05, 4.69) is 15.6 Å². The minimum atomic E-state index is -0.371. The zero-order chi connectivity index (χ0) is 13.5. The van der Waals surface area contributed by atoms with Crippen molar-refractivity contribution >= 4 is 5.91 Å². The normalized spacial score (nSPS) is 12.1. The summed E-state index contributed by atoms with van der Waals surface area (Å²) in [5.41, 5.74) is 0.888. The third-order valence-electron chi connectivity index (χ3n) is 2.76. The maximum absolute atomic E-state index is 11.8. The van der Waals surface area contributed by atoms with Crippen LogP contribution in [0.3, 0.4) is 0 Å². The van der Waals surface area contributed by atoms with E-state index in [0.29, 0.717) is 13.0 Å². The molecule has 0 saturated heterocycles. The second kappa shape index (κ2) is 6.65. The monoisotopic (exact) mass is 260 g/mol. The van der Waals surface area contributed by atoms with Crippen molar-refractivity contribution in [1.29, 1.82) is 0 Å². The molecule has 1 aromatic heterocycles. The van der Waals surface area contributed by atoms with E-state index >= 15 is 0 Å². The van der Waals surface area contributed by atoms with Crippen LogP contribution in [-0.4, -0.2) is 32.6 Å². The van der Waals surface area contributed by atoms with Crippen LogP contribution >= 0.6 is 0 Å². The molecule has 1 atom stereocenters. The molecule has 0 saturated carbocycles. The predicted molar refractivity (Wildman–Crippen MR) is 69.1 cm³/mol. The Kier molecular flexibility index (Phi) is 4.63. The molecule has 6 nitrogen and oxygen atoms in total. The zero-order valence-electron chi connectivity index (χ0n) is 10.4. The number of aryl methyl sites for hydroxylation is 1. The van der Waals surface area contributed by atoms with Crippen LogP contribution in [-0.2, 0) is 11.3 Å². The number of aliphatic hydroxyl groups excluding tert-OH is 1. The second-order valence-corrected chi connectivity index (χ2v) is 4.13. The Labute approximate surface area is 111 Å². The first kappa shape index (κ1) is 13.2. The number of hydrogen-bond acceptors (Lipinski definition) is 4. The summed E-state index contributed by atoms with van der Waals surface area (Å²) in [5.74, 6) is -0.126. The largest absolute Gasteiger partial charge is 0.394 e. The number of hydrogen-bond donors (Lipinski definition) is 2. The van der Waals surface area contributed by atoms with E-state index in [1.807, 2.05) is 30.3 Å².